The predicted molar refractivity (Wildman–Crippen MR) is 493 cm³/mol. The Morgan fingerprint density at radius 3 is 1.69 bits per heavy atom. The number of hydrogen-bond donors (Lipinski definition) is 5. The molecule has 28 nitrogen and oxygen atoms in total. The molecule has 13 aromatic heterocycles. The molecule has 21 rings (SSSR count). The molecule has 616 valence electrons. The van der Waals surface area contributed by atoms with Gasteiger partial charge in [-0.3, -0.25) is 37.4 Å². The second kappa shape index (κ2) is 33.7. The molecule has 0 radical (unpaired) electrons. The molecule has 8 N–H and O–H groups in total. The van der Waals surface area contributed by atoms with E-state index >= 15 is 0 Å². The number of rotatable bonds is 14. The van der Waals surface area contributed by atoms with Gasteiger partial charge in [-0.1, -0.05) is 133 Å². The lowest BCUT2D eigenvalue weighted by Gasteiger charge is -2.19. The van der Waals surface area contributed by atoms with Crippen molar-refractivity contribution in [1.82, 2.24) is 91.8 Å². The van der Waals surface area contributed by atoms with E-state index in [1.165, 1.54) is 23.1 Å². The SMILES string of the molecule is CC(c1nc2ccsc2c(=O)n1-c1ccccc1)n1cnc2c(N)ccnc21.Cc1ccccc1-n1c(CSc2nccc3[nH]cnc23)nc2cccc(Cl)c2c1=O.Cc1ccccc1-n1c(C[n+]2cn(-c3cccc(O)c3)c3c(N)ccnc32)nc2cccc(C)c2c1=O.Cc1ccccc1-n1c(Cn2cnc3c(N)ccnc32)nc2cccc(C)c2c1=O. The molecule has 8 aromatic carbocycles. The van der Waals surface area contributed by atoms with Crippen molar-refractivity contribution in [2.75, 3.05) is 17.2 Å². The van der Waals surface area contributed by atoms with Gasteiger partial charge in [0.1, 0.15) is 67.9 Å². The van der Waals surface area contributed by atoms with Crippen molar-refractivity contribution in [2.45, 2.75) is 71.5 Å². The fourth-order valence-electron chi connectivity index (χ4n) is 15.6. The Kier molecular flexibility index (Phi) is 21.7. The minimum atomic E-state index is -0.281. The molecule has 13 heterocycles. The number of fused-ring (bicyclic) bond motifs is 8. The minimum absolute atomic E-state index is 0.0788. The number of hydrogen-bond acceptors (Lipinski definition) is 21. The molecule has 21 aromatic rings. The van der Waals surface area contributed by atoms with Crippen molar-refractivity contribution in [3.05, 3.63) is 365 Å². The van der Waals surface area contributed by atoms with Crippen LogP contribution in [0.1, 0.15) is 64.1 Å². The van der Waals surface area contributed by atoms with Gasteiger partial charge in [0.2, 0.25) is 5.52 Å². The number of H-pyrrole nitrogens is 1. The molecule has 0 aliphatic rings. The smallest absolute Gasteiger partial charge is 0.304 e. The molecule has 0 fully saturated rings. The molecule has 0 spiro atoms. The number of pyridine rings is 4. The summed E-state index contributed by atoms with van der Waals surface area (Å²) >= 11 is 9.26. The van der Waals surface area contributed by atoms with Crippen LogP contribution in [0.15, 0.2) is 292 Å². The number of nitrogens with one attached hydrogen (secondary N) is 1. The number of phenols is 1. The highest BCUT2D eigenvalue weighted by Crippen LogP contribution is 2.33. The van der Waals surface area contributed by atoms with Gasteiger partial charge < -0.3 is 36.4 Å². The number of aromatic nitrogens is 20. The summed E-state index contributed by atoms with van der Waals surface area (Å²) < 4.78 is 14.9. The molecule has 0 bridgehead atoms. The number of nitrogens with two attached hydrogens (primary N) is 3. The van der Waals surface area contributed by atoms with Crippen LogP contribution in [-0.2, 0) is 18.8 Å². The van der Waals surface area contributed by atoms with Crippen LogP contribution in [0.5, 0.6) is 5.75 Å². The maximum atomic E-state index is 13.9. The summed E-state index contributed by atoms with van der Waals surface area (Å²) in [5.41, 5.74) is 36.6. The number of nitrogens with zero attached hydrogens (tertiary/aromatic N) is 19. The number of nitrogen functional groups attached to an aromatic ring is 3. The van der Waals surface area contributed by atoms with Crippen molar-refractivity contribution in [1.29, 1.82) is 0 Å². The number of imidazole rings is 4. The second-order valence-electron chi connectivity index (χ2n) is 29.8. The first-order valence-corrected chi connectivity index (χ1v) is 41.9. The summed E-state index contributed by atoms with van der Waals surface area (Å²) in [6, 6.07) is 65.2. The first-order valence-electron chi connectivity index (χ1n) is 39.7. The number of thiophene rings is 1. The normalized spacial score (nSPS) is 11.7. The van der Waals surface area contributed by atoms with E-state index in [4.69, 9.17) is 48.7 Å². The summed E-state index contributed by atoms with van der Waals surface area (Å²) in [4.78, 5) is 108. The van der Waals surface area contributed by atoms with Gasteiger partial charge in [0.15, 0.2) is 23.4 Å². The minimum Gasteiger partial charge on any atom is -0.508 e. The average Bonchev–Trinajstić information content (AvgIpc) is 1.73. The summed E-state index contributed by atoms with van der Waals surface area (Å²) in [7, 11) is 0. The van der Waals surface area contributed by atoms with E-state index in [9.17, 15) is 24.3 Å². The second-order valence-corrected chi connectivity index (χ2v) is 32.1. The van der Waals surface area contributed by atoms with Crippen molar-refractivity contribution in [2.24, 2.45) is 0 Å². The lowest BCUT2D eigenvalue weighted by Crippen LogP contribution is -2.38. The first-order chi connectivity index (χ1) is 60.7. The molecule has 125 heavy (non-hydrogen) atoms. The van der Waals surface area contributed by atoms with Gasteiger partial charge in [-0.05, 0) is 172 Å². The zero-order valence-corrected chi connectivity index (χ0v) is 70.5. The monoisotopic (exact) mass is 1710 g/mol. The maximum absolute atomic E-state index is 13.9. The van der Waals surface area contributed by atoms with E-state index in [0.29, 0.717) is 134 Å². The van der Waals surface area contributed by atoms with Crippen LogP contribution < -0.4 is 44.0 Å². The predicted octanol–water partition coefficient (Wildman–Crippen LogP) is 15.6. The van der Waals surface area contributed by atoms with Gasteiger partial charge in [-0.15, -0.1) is 16.3 Å². The summed E-state index contributed by atoms with van der Waals surface area (Å²) in [6.45, 7) is 12.4. The van der Waals surface area contributed by atoms with Crippen LogP contribution in [0, 0.1) is 34.6 Å². The Morgan fingerprint density at radius 1 is 0.488 bits per heavy atom. The van der Waals surface area contributed by atoms with Gasteiger partial charge >= 0.3 is 5.65 Å². The van der Waals surface area contributed by atoms with Crippen molar-refractivity contribution in [3.63, 3.8) is 0 Å². The van der Waals surface area contributed by atoms with Crippen LogP contribution in [0.2, 0.25) is 5.02 Å². The van der Waals surface area contributed by atoms with Gasteiger partial charge in [0.25, 0.3) is 22.2 Å². The van der Waals surface area contributed by atoms with E-state index in [-0.39, 0.29) is 40.6 Å². The first kappa shape index (κ1) is 80.4. The number of phenolic OH excluding ortho intramolecular Hbond substituents is 1. The van der Waals surface area contributed by atoms with E-state index in [2.05, 4.69) is 39.9 Å². The number of benzene rings is 8. The highest BCUT2D eigenvalue weighted by atomic mass is 35.5. The fraction of sp³-hybridized carbons (Fsp3) is 0.106. The Morgan fingerprint density at radius 2 is 1.02 bits per heavy atom. The van der Waals surface area contributed by atoms with Crippen LogP contribution in [-0.4, -0.2) is 96.9 Å². The molecular formula is C94H77ClN23O5S2+. The number of thioether (sulfide) groups is 1. The van der Waals surface area contributed by atoms with Crippen LogP contribution in [0.25, 0.3) is 116 Å². The molecule has 1 atom stereocenters. The number of para-hydroxylation sites is 4. The van der Waals surface area contributed by atoms with Crippen LogP contribution >= 0.6 is 34.7 Å². The largest absolute Gasteiger partial charge is 0.508 e. The molecule has 1 unspecified atom stereocenters. The number of aromatic hydroxyl groups is 1. The zero-order valence-electron chi connectivity index (χ0n) is 68.1. The topological polar surface area (TPSA) is 363 Å². The lowest BCUT2D eigenvalue weighted by molar-refractivity contribution is -0.665. The van der Waals surface area contributed by atoms with Crippen LogP contribution in [0.4, 0.5) is 17.1 Å². The lowest BCUT2D eigenvalue weighted by atomic mass is 10.1. The third-order valence-corrected chi connectivity index (χ3v) is 23.9. The van der Waals surface area contributed by atoms with E-state index in [1.54, 1.807) is 111 Å². The van der Waals surface area contributed by atoms with Crippen LogP contribution in [0.3, 0.4) is 0 Å². The average molecular weight is 1710 g/mol. The highest BCUT2D eigenvalue weighted by Gasteiger charge is 2.28. The molecule has 0 aliphatic heterocycles. The summed E-state index contributed by atoms with van der Waals surface area (Å²) in [5, 5.41) is 14.8. The summed E-state index contributed by atoms with van der Waals surface area (Å²) in [6.07, 6.45) is 13.6. The molecule has 0 aliphatic carbocycles. The third-order valence-electron chi connectivity index (χ3n) is 21.8. The Bertz CT molecular complexity index is 8070. The molecule has 0 saturated carbocycles. The van der Waals surface area contributed by atoms with Gasteiger partial charge in [0, 0.05) is 24.7 Å². The van der Waals surface area contributed by atoms with Crippen molar-refractivity contribution in [3.8, 4) is 34.2 Å². The highest BCUT2D eigenvalue weighted by molar-refractivity contribution is 7.98. The Labute approximate surface area is 724 Å². The van der Waals surface area contributed by atoms with Gasteiger partial charge in [-0.2, -0.15) is 0 Å². The third kappa shape index (κ3) is 15.2. The zero-order chi connectivity index (χ0) is 86.4. The molecule has 31 heteroatoms. The maximum Gasteiger partial charge on any atom is 0.304 e. The molecule has 0 amide bonds. The Balaban J connectivity index is 0.000000114. The molecule has 0 saturated heterocycles. The number of aryl methyl sites for hydroxylation is 5. The number of aromatic amines is 1. The van der Waals surface area contributed by atoms with Gasteiger partial charge in [-0.25, -0.2) is 59.0 Å². The van der Waals surface area contributed by atoms with E-state index in [0.717, 1.165) is 72.3 Å². The van der Waals surface area contributed by atoms with E-state index < -0.39 is 0 Å². The quantitative estimate of drug-likeness (QED) is 0.0498. The van der Waals surface area contributed by atoms with Gasteiger partial charge in [0.05, 0.1) is 126 Å². The number of anilines is 3. The number of halogens is 1. The molecular weight excluding hydrogens is 1630 g/mol. The standard InChI is InChI=1S/C29H24N6O2.C23H20N6O.C22H16ClN5OS.C20H16N6OS/c1-18-7-3-4-12-24(18)35-25(32-23-11-5-8-19(2)26(23)29(35)37)16-33-17-34(20-9-6-10-21(36)15-20)27-22(30)13-14-31-28(27)33;1-14-6-3-4-9-18(14)29-19(27-17-8-5-7-15(2)20(17)23(29)30)12-28-13-26-21-16(24)10-11-25-22(21)28;1-13-5-2-3-8-17(13)28-18(27-15-7-4-6-14(23)19(15)22(28)29)11-30-21-20-16(9-10-24-21)25-12-26-20;1-12(25-11-23-16-14(21)7-9-22-19(16)25)18-24-15-8-10-28-17(15)20(27)26(18)13-5-3-2-4-6-13/h3-15,17H,16H2,1-2H3,(H2-,30,31,36);3-11,13H,12H2,1-2H3,(H2,24,25);2-10,12H,11H2,1H3,(H,25,26);2-12H,1H3,(H2,21,22)/p+1. The summed E-state index contributed by atoms with van der Waals surface area (Å²) in [5.74, 6) is 3.02. The van der Waals surface area contributed by atoms with Crippen molar-refractivity contribution >= 4 is 139 Å². The fourth-order valence-corrected chi connectivity index (χ4v) is 17.5. The van der Waals surface area contributed by atoms with E-state index in [1.807, 2.05) is 235 Å². The van der Waals surface area contributed by atoms with Crippen molar-refractivity contribution < 1.29 is 9.67 Å². The Hall–Kier alpha value is -15.7.